The van der Waals surface area contributed by atoms with Crippen molar-refractivity contribution in [2.75, 3.05) is 7.11 Å². The van der Waals surface area contributed by atoms with Crippen LogP contribution >= 0.6 is 0 Å². The lowest BCUT2D eigenvalue weighted by molar-refractivity contribution is -0.385. The number of hydrogen-bond acceptors (Lipinski definition) is 5. The predicted molar refractivity (Wildman–Crippen MR) is 90.5 cm³/mol. The van der Waals surface area contributed by atoms with Crippen molar-refractivity contribution in [3.8, 4) is 5.75 Å². The summed E-state index contributed by atoms with van der Waals surface area (Å²) in [6, 6.07) is 11.6. The van der Waals surface area contributed by atoms with Gasteiger partial charge in [-0.15, -0.1) is 0 Å². The molecule has 24 heavy (non-hydrogen) atoms. The molecule has 0 heterocycles. The monoisotopic (exact) mass is 327 g/mol. The van der Waals surface area contributed by atoms with E-state index >= 15 is 0 Å². The molecule has 0 unspecified atom stereocenters. The Labute approximate surface area is 139 Å². The number of nitro benzene ring substituents is 1. The van der Waals surface area contributed by atoms with Crippen molar-refractivity contribution < 1.29 is 14.5 Å². The zero-order valence-corrected chi connectivity index (χ0v) is 13.6. The van der Waals surface area contributed by atoms with Crippen LogP contribution < -0.4 is 10.2 Å². The number of benzene rings is 2. The van der Waals surface area contributed by atoms with Crippen molar-refractivity contribution in [3.63, 3.8) is 0 Å². The van der Waals surface area contributed by atoms with Gasteiger partial charge in [0.1, 0.15) is 0 Å². The number of hydrogen-bond donors (Lipinski definition) is 1. The number of nitrogens with one attached hydrogen (secondary N) is 1. The largest absolute Gasteiger partial charge is 0.490 e. The lowest BCUT2D eigenvalue weighted by Crippen LogP contribution is -2.19. The van der Waals surface area contributed by atoms with E-state index in [1.807, 2.05) is 19.1 Å². The van der Waals surface area contributed by atoms with Crippen molar-refractivity contribution in [2.24, 2.45) is 5.10 Å². The Bertz CT molecular complexity index is 798. The van der Waals surface area contributed by atoms with E-state index in [0.29, 0.717) is 16.8 Å². The van der Waals surface area contributed by atoms with E-state index in [-0.39, 0.29) is 17.3 Å². The van der Waals surface area contributed by atoms with Crippen LogP contribution in [0.3, 0.4) is 0 Å². The fraction of sp³-hybridized carbons (Fsp3) is 0.176. The predicted octanol–water partition coefficient (Wildman–Crippen LogP) is 3.07. The summed E-state index contributed by atoms with van der Waals surface area (Å²) < 4.78 is 4.96. The van der Waals surface area contributed by atoms with Crippen molar-refractivity contribution >= 4 is 17.3 Å². The molecule has 0 saturated heterocycles. The summed E-state index contributed by atoms with van der Waals surface area (Å²) in [7, 11) is 1.37. The second kappa shape index (κ2) is 7.36. The van der Waals surface area contributed by atoms with Gasteiger partial charge in [-0.1, -0.05) is 17.7 Å². The van der Waals surface area contributed by atoms with Crippen LogP contribution in [0, 0.1) is 17.0 Å². The van der Waals surface area contributed by atoms with Crippen LogP contribution in [0.15, 0.2) is 47.6 Å². The van der Waals surface area contributed by atoms with Gasteiger partial charge in [0.15, 0.2) is 5.75 Å². The highest BCUT2D eigenvalue weighted by atomic mass is 16.6. The topological polar surface area (TPSA) is 93.8 Å². The molecular weight excluding hydrogens is 310 g/mol. The quantitative estimate of drug-likeness (QED) is 0.519. The van der Waals surface area contributed by atoms with Gasteiger partial charge in [-0.05, 0) is 38.1 Å². The average Bonchev–Trinajstić information content (AvgIpc) is 2.59. The van der Waals surface area contributed by atoms with Crippen molar-refractivity contribution in [1.29, 1.82) is 0 Å². The van der Waals surface area contributed by atoms with Crippen molar-refractivity contribution in [2.45, 2.75) is 13.8 Å². The van der Waals surface area contributed by atoms with Crippen LogP contribution in [0.5, 0.6) is 5.75 Å². The van der Waals surface area contributed by atoms with E-state index < -0.39 is 4.92 Å². The van der Waals surface area contributed by atoms with Crippen molar-refractivity contribution in [1.82, 2.24) is 5.43 Å². The molecule has 0 fully saturated rings. The van der Waals surface area contributed by atoms with Crippen LogP contribution in [0.25, 0.3) is 0 Å². The van der Waals surface area contributed by atoms with Gasteiger partial charge < -0.3 is 4.74 Å². The molecule has 124 valence electrons. The normalized spacial score (nSPS) is 11.0. The summed E-state index contributed by atoms with van der Waals surface area (Å²) in [6.45, 7) is 3.58. The van der Waals surface area contributed by atoms with Gasteiger partial charge in [-0.2, -0.15) is 5.10 Å². The smallest absolute Gasteiger partial charge is 0.311 e. The third-order valence-corrected chi connectivity index (χ3v) is 3.43. The minimum absolute atomic E-state index is 0.158. The zero-order valence-electron chi connectivity index (χ0n) is 13.6. The van der Waals surface area contributed by atoms with E-state index in [2.05, 4.69) is 10.5 Å². The summed E-state index contributed by atoms with van der Waals surface area (Å²) in [5, 5.41) is 15.1. The first-order valence-corrected chi connectivity index (χ1v) is 7.16. The fourth-order valence-corrected chi connectivity index (χ4v) is 2.03. The Kier molecular flexibility index (Phi) is 5.26. The Morgan fingerprint density at radius 2 is 1.79 bits per heavy atom. The molecule has 1 amide bonds. The van der Waals surface area contributed by atoms with E-state index in [1.54, 1.807) is 25.1 Å². The van der Waals surface area contributed by atoms with E-state index in [0.717, 1.165) is 5.56 Å². The number of carbonyl (C=O) groups excluding carboxylic acids is 1. The van der Waals surface area contributed by atoms with E-state index in [1.165, 1.54) is 19.2 Å². The molecule has 0 spiro atoms. The lowest BCUT2D eigenvalue weighted by atomic mass is 10.1. The molecule has 0 saturated carbocycles. The van der Waals surface area contributed by atoms with Gasteiger partial charge in [0.25, 0.3) is 5.91 Å². The number of carbonyl (C=O) groups is 1. The van der Waals surface area contributed by atoms with Crippen LogP contribution in [-0.2, 0) is 0 Å². The van der Waals surface area contributed by atoms with Crippen LogP contribution in [-0.4, -0.2) is 23.7 Å². The minimum atomic E-state index is -0.527. The molecule has 0 atom stereocenters. The molecule has 1 N–H and O–H groups in total. The molecular formula is C17H17N3O4. The molecule has 0 aliphatic rings. The van der Waals surface area contributed by atoms with E-state index in [4.69, 9.17) is 4.74 Å². The number of amides is 1. The Hall–Kier alpha value is -3.22. The number of aryl methyl sites for hydroxylation is 1. The highest BCUT2D eigenvalue weighted by molar-refractivity contribution is 6.01. The molecule has 0 aliphatic heterocycles. The standard InChI is InChI=1S/C17H17N3O4/c1-11-4-6-13(7-5-11)17(21)19-18-12(2)14-8-9-16(24-3)15(10-14)20(22)23/h4-10H,1-3H3,(H,19,21)/b18-12-. The van der Waals surface area contributed by atoms with Crippen LogP contribution in [0.2, 0.25) is 0 Å². The number of nitro groups is 1. The summed E-state index contributed by atoms with van der Waals surface area (Å²) in [4.78, 5) is 22.5. The SMILES string of the molecule is COc1ccc(/C(C)=N\NC(=O)c2ccc(C)cc2)cc1[N+](=O)[O-]. The summed E-state index contributed by atoms with van der Waals surface area (Å²) in [5.41, 5.74) is 4.79. The van der Waals surface area contributed by atoms with Crippen molar-refractivity contribution in [3.05, 3.63) is 69.3 Å². The van der Waals surface area contributed by atoms with Gasteiger partial charge >= 0.3 is 5.69 Å². The molecule has 0 aromatic heterocycles. The van der Waals surface area contributed by atoms with Gasteiger partial charge in [0, 0.05) is 17.2 Å². The van der Waals surface area contributed by atoms with E-state index in [9.17, 15) is 14.9 Å². The second-order valence-corrected chi connectivity index (χ2v) is 5.15. The highest BCUT2D eigenvalue weighted by Crippen LogP contribution is 2.27. The molecule has 0 radical (unpaired) electrons. The maximum atomic E-state index is 12.0. The Morgan fingerprint density at radius 1 is 1.17 bits per heavy atom. The Balaban J connectivity index is 2.18. The van der Waals surface area contributed by atoms with Gasteiger partial charge in [-0.25, -0.2) is 5.43 Å². The molecule has 2 aromatic rings. The first-order chi connectivity index (χ1) is 11.4. The first-order valence-electron chi connectivity index (χ1n) is 7.16. The molecule has 0 aliphatic carbocycles. The summed E-state index contributed by atoms with van der Waals surface area (Å²) >= 11 is 0. The molecule has 7 heteroatoms. The van der Waals surface area contributed by atoms with Crippen LogP contribution in [0.4, 0.5) is 5.69 Å². The minimum Gasteiger partial charge on any atom is -0.490 e. The zero-order chi connectivity index (χ0) is 17.7. The third-order valence-electron chi connectivity index (χ3n) is 3.43. The third kappa shape index (κ3) is 3.95. The number of ether oxygens (including phenoxy) is 1. The maximum Gasteiger partial charge on any atom is 0.311 e. The molecule has 0 bridgehead atoms. The number of nitrogens with zero attached hydrogens (tertiary/aromatic N) is 2. The first kappa shape index (κ1) is 17.1. The maximum absolute atomic E-state index is 12.0. The van der Waals surface area contributed by atoms with Gasteiger partial charge in [0.05, 0.1) is 17.7 Å². The second-order valence-electron chi connectivity index (χ2n) is 5.15. The lowest BCUT2D eigenvalue weighted by Gasteiger charge is -2.06. The van der Waals surface area contributed by atoms with Gasteiger partial charge in [0.2, 0.25) is 0 Å². The molecule has 2 rings (SSSR count). The highest BCUT2D eigenvalue weighted by Gasteiger charge is 2.16. The fourth-order valence-electron chi connectivity index (χ4n) is 2.03. The molecule has 2 aromatic carbocycles. The summed E-state index contributed by atoms with van der Waals surface area (Å²) in [5.74, 6) is -0.183. The molecule has 7 nitrogen and oxygen atoms in total. The summed E-state index contributed by atoms with van der Waals surface area (Å²) in [6.07, 6.45) is 0. The van der Waals surface area contributed by atoms with Crippen LogP contribution in [0.1, 0.15) is 28.4 Å². The number of methoxy groups -OCH3 is 1. The average molecular weight is 327 g/mol. The number of rotatable bonds is 5. The Morgan fingerprint density at radius 3 is 2.38 bits per heavy atom. The van der Waals surface area contributed by atoms with Gasteiger partial charge in [-0.3, -0.25) is 14.9 Å². The number of hydrazone groups is 1.